The van der Waals surface area contributed by atoms with E-state index in [9.17, 15) is 4.79 Å². The molecule has 2 N–H and O–H groups in total. The number of carbonyl (C=O) groups is 1. The zero-order chi connectivity index (χ0) is 12.8. The molecule has 0 bridgehead atoms. The van der Waals surface area contributed by atoms with Crippen LogP contribution in [0.15, 0.2) is 24.5 Å². The molecule has 1 amide bonds. The minimum atomic E-state index is -0.0252. The summed E-state index contributed by atoms with van der Waals surface area (Å²) >= 11 is 0. The lowest BCUT2D eigenvalue weighted by molar-refractivity contribution is -0.125. The Kier molecular flexibility index (Phi) is 6.77. The first kappa shape index (κ1) is 15.9. The second-order valence-corrected chi connectivity index (χ2v) is 4.48. The number of ether oxygens (including phenoxy) is 1. The average Bonchev–Trinajstić information content (AvgIpc) is 2.40. The predicted octanol–water partition coefficient (Wildman–Crippen LogP) is 1.06. The van der Waals surface area contributed by atoms with E-state index < -0.39 is 0 Å². The Hall–Kier alpha value is -1.17. The molecular weight excluding hydrogens is 266 g/mol. The van der Waals surface area contributed by atoms with Gasteiger partial charge in [-0.25, -0.2) is 0 Å². The van der Waals surface area contributed by atoms with Gasteiger partial charge in [0, 0.05) is 25.5 Å². The minimum Gasteiger partial charge on any atom is -0.375 e. The van der Waals surface area contributed by atoms with Crippen LogP contribution in [0, 0.1) is 0 Å². The van der Waals surface area contributed by atoms with Crippen molar-refractivity contribution in [2.24, 2.45) is 0 Å². The molecule has 2 atom stereocenters. The minimum absolute atomic E-state index is 0. The summed E-state index contributed by atoms with van der Waals surface area (Å²) in [7, 11) is 0. The average molecular weight is 286 g/mol. The number of nitrogens with zero attached hydrogens (tertiary/aromatic N) is 1. The van der Waals surface area contributed by atoms with Crippen molar-refractivity contribution in [2.45, 2.75) is 25.5 Å². The molecule has 2 unspecified atom stereocenters. The van der Waals surface area contributed by atoms with Crippen LogP contribution in [-0.2, 0) is 9.53 Å². The first-order chi connectivity index (χ1) is 8.75. The smallest absolute Gasteiger partial charge is 0.223 e. The van der Waals surface area contributed by atoms with Crippen molar-refractivity contribution in [3.05, 3.63) is 30.1 Å². The SMILES string of the molecule is CC(NC(=O)CC1CNCCO1)c1cccnc1.Cl. The Bertz CT molecular complexity index is 383. The molecule has 0 aliphatic carbocycles. The molecule has 6 heteroatoms. The highest BCUT2D eigenvalue weighted by Crippen LogP contribution is 2.10. The molecule has 2 rings (SSSR count). The van der Waals surface area contributed by atoms with Crippen LogP contribution in [0.1, 0.15) is 24.9 Å². The summed E-state index contributed by atoms with van der Waals surface area (Å²) in [6, 6.07) is 3.80. The lowest BCUT2D eigenvalue weighted by Gasteiger charge is -2.24. The third-order valence-corrected chi connectivity index (χ3v) is 2.98. The Balaban J connectivity index is 0.00000180. The number of rotatable bonds is 4. The standard InChI is InChI=1S/C13H19N3O2.ClH/c1-10(11-3-2-4-14-8-11)16-13(17)7-12-9-15-5-6-18-12;/h2-4,8,10,12,15H,5-7,9H2,1H3,(H,16,17);1H. The molecular formula is C13H20ClN3O2. The predicted molar refractivity (Wildman–Crippen MR) is 75.3 cm³/mol. The molecule has 1 aromatic rings. The molecule has 1 fully saturated rings. The van der Waals surface area contributed by atoms with Crippen LogP contribution >= 0.6 is 12.4 Å². The zero-order valence-corrected chi connectivity index (χ0v) is 11.8. The van der Waals surface area contributed by atoms with E-state index in [1.807, 2.05) is 19.1 Å². The van der Waals surface area contributed by atoms with E-state index in [0.717, 1.165) is 18.7 Å². The van der Waals surface area contributed by atoms with Gasteiger partial charge in [0.1, 0.15) is 0 Å². The molecule has 1 aliphatic heterocycles. The number of morpholine rings is 1. The third-order valence-electron chi connectivity index (χ3n) is 2.98. The quantitative estimate of drug-likeness (QED) is 0.868. The number of aromatic nitrogens is 1. The van der Waals surface area contributed by atoms with Gasteiger partial charge in [0.15, 0.2) is 0 Å². The molecule has 1 aliphatic rings. The second kappa shape index (κ2) is 8.09. The summed E-state index contributed by atoms with van der Waals surface area (Å²) in [6.45, 7) is 4.24. The zero-order valence-electron chi connectivity index (χ0n) is 11.0. The summed E-state index contributed by atoms with van der Waals surface area (Å²) in [5.74, 6) is 0.0139. The molecule has 0 spiro atoms. The van der Waals surface area contributed by atoms with Crippen LogP contribution in [0.3, 0.4) is 0 Å². The maximum atomic E-state index is 11.9. The van der Waals surface area contributed by atoms with Gasteiger partial charge < -0.3 is 15.4 Å². The second-order valence-electron chi connectivity index (χ2n) is 4.48. The molecule has 5 nitrogen and oxygen atoms in total. The molecule has 1 saturated heterocycles. The molecule has 1 aromatic heterocycles. The first-order valence-electron chi connectivity index (χ1n) is 6.27. The van der Waals surface area contributed by atoms with E-state index in [0.29, 0.717) is 13.0 Å². The van der Waals surface area contributed by atoms with Crippen LogP contribution in [-0.4, -0.2) is 36.7 Å². The summed E-state index contributed by atoms with van der Waals surface area (Å²) in [5.41, 5.74) is 1.01. The van der Waals surface area contributed by atoms with E-state index >= 15 is 0 Å². The van der Waals surface area contributed by atoms with Crippen molar-refractivity contribution in [3.8, 4) is 0 Å². The monoisotopic (exact) mass is 285 g/mol. The maximum Gasteiger partial charge on any atom is 0.223 e. The summed E-state index contributed by atoms with van der Waals surface area (Å²) in [4.78, 5) is 15.9. The Labute approximate surface area is 119 Å². The number of hydrogen-bond acceptors (Lipinski definition) is 4. The van der Waals surface area contributed by atoms with E-state index in [2.05, 4.69) is 15.6 Å². The fraction of sp³-hybridized carbons (Fsp3) is 0.538. The van der Waals surface area contributed by atoms with Crippen molar-refractivity contribution in [1.82, 2.24) is 15.6 Å². The van der Waals surface area contributed by atoms with E-state index in [-0.39, 0.29) is 30.5 Å². The molecule has 2 heterocycles. The number of carbonyl (C=O) groups excluding carboxylic acids is 1. The van der Waals surface area contributed by atoms with Gasteiger partial charge in [-0.3, -0.25) is 9.78 Å². The van der Waals surface area contributed by atoms with Crippen LogP contribution < -0.4 is 10.6 Å². The van der Waals surface area contributed by atoms with Crippen molar-refractivity contribution in [1.29, 1.82) is 0 Å². The summed E-state index contributed by atoms with van der Waals surface area (Å²) in [5, 5.41) is 6.17. The van der Waals surface area contributed by atoms with Gasteiger partial charge in [-0.05, 0) is 18.6 Å². The van der Waals surface area contributed by atoms with Crippen molar-refractivity contribution in [3.63, 3.8) is 0 Å². The van der Waals surface area contributed by atoms with E-state index in [1.54, 1.807) is 12.4 Å². The largest absolute Gasteiger partial charge is 0.375 e. The lowest BCUT2D eigenvalue weighted by Crippen LogP contribution is -2.41. The highest BCUT2D eigenvalue weighted by Gasteiger charge is 2.18. The van der Waals surface area contributed by atoms with Gasteiger partial charge in [0.25, 0.3) is 0 Å². The van der Waals surface area contributed by atoms with Crippen molar-refractivity contribution in [2.75, 3.05) is 19.7 Å². The molecule has 106 valence electrons. The van der Waals surface area contributed by atoms with Gasteiger partial charge in [-0.15, -0.1) is 12.4 Å². The Morgan fingerprint density at radius 2 is 2.53 bits per heavy atom. The van der Waals surface area contributed by atoms with E-state index in [4.69, 9.17) is 4.74 Å². The fourth-order valence-corrected chi connectivity index (χ4v) is 1.97. The first-order valence-corrected chi connectivity index (χ1v) is 6.27. The highest BCUT2D eigenvalue weighted by molar-refractivity contribution is 5.85. The number of pyridine rings is 1. The van der Waals surface area contributed by atoms with Crippen LogP contribution in [0.4, 0.5) is 0 Å². The molecule has 0 aromatic carbocycles. The normalized spacial score (nSPS) is 20.2. The number of amides is 1. The summed E-state index contributed by atoms with van der Waals surface area (Å²) in [6.07, 6.45) is 3.88. The lowest BCUT2D eigenvalue weighted by atomic mass is 10.1. The highest BCUT2D eigenvalue weighted by atomic mass is 35.5. The van der Waals surface area contributed by atoms with Gasteiger partial charge in [0.05, 0.1) is 25.2 Å². The maximum absolute atomic E-state index is 11.9. The van der Waals surface area contributed by atoms with Crippen molar-refractivity contribution < 1.29 is 9.53 Å². The van der Waals surface area contributed by atoms with Gasteiger partial charge in [0.2, 0.25) is 5.91 Å². The van der Waals surface area contributed by atoms with E-state index in [1.165, 1.54) is 0 Å². The topological polar surface area (TPSA) is 63.2 Å². The number of hydrogen-bond donors (Lipinski definition) is 2. The van der Waals surface area contributed by atoms with Crippen LogP contribution in [0.5, 0.6) is 0 Å². The van der Waals surface area contributed by atoms with Gasteiger partial charge in [-0.1, -0.05) is 6.07 Å². The molecule has 0 saturated carbocycles. The van der Waals surface area contributed by atoms with Gasteiger partial charge >= 0.3 is 0 Å². The molecule has 0 radical (unpaired) electrons. The third kappa shape index (κ3) is 5.14. The van der Waals surface area contributed by atoms with Crippen LogP contribution in [0.2, 0.25) is 0 Å². The summed E-state index contributed by atoms with van der Waals surface area (Å²) < 4.78 is 5.50. The van der Waals surface area contributed by atoms with Crippen molar-refractivity contribution >= 4 is 18.3 Å². The Morgan fingerprint density at radius 1 is 1.68 bits per heavy atom. The molecule has 19 heavy (non-hydrogen) atoms. The Morgan fingerprint density at radius 3 is 3.16 bits per heavy atom. The number of halogens is 1. The fourth-order valence-electron chi connectivity index (χ4n) is 1.97. The van der Waals surface area contributed by atoms with Gasteiger partial charge in [-0.2, -0.15) is 0 Å². The number of nitrogens with one attached hydrogen (secondary N) is 2. The van der Waals surface area contributed by atoms with Crippen LogP contribution in [0.25, 0.3) is 0 Å².